The van der Waals surface area contributed by atoms with Crippen LogP contribution in [0.3, 0.4) is 0 Å². The highest BCUT2D eigenvalue weighted by Crippen LogP contribution is 2.07. The highest BCUT2D eigenvalue weighted by atomic mass is 16.5. The summed E-state index contributed by atoms with van der Waals surface area (Å²) >= 11 is 0. The van der Waals surface area contributed by atoms with Crippen LogP contribution in [-0.4, -0.2) is 30.4 Å². The zero-order valence-electron chi connectivity index (χ0n) is 12.3. The first kappa shape index (κ1) is 18.4. The normalized spacial score (nSPS) is 12.9. The lowest BCUT2D eigenvalue weighted by Crippen LogP contribution is -2.45. The summed E-state index contributed by atoms with van der Waals surface area (Å²) in [5.41, 5.74) is 10.1. The van der Waals surface area contributed by atoms with Crippen molar-refractivity contribution in [3.63, 3.8) is 0 Å². The average molecular weight is 296 g/mol. The number of hydrogen-bond donors (Lipinski definition) is 3. The van der Waals surface area contributed by atoms with Gasteiger partial charge in [0.15, 0.2) is 6.61 Å². The first-order chi connectivity index (χ1) is 9.68. The number of primary amides is 1. The van der Waals surface area contributed by atoms with Crippen LogP contribution in [0.5, 0.6) is 0 Å². The van der Waals surface area contributed by atoms with Gasteiger partial charge in [-0.15, -0.1) is 0 Å². The summed E-state index contributed by atoms with van der Waals surface area (Å²) in [6.45, 7) is 4.48. The zero-order valence-corrected chi connectivity index (χ0v) is 12.3. The molecule has 0 aliphatic carbocycles. The van der Waals surface area contributed by atoms with Gasteiger partial charge in [0.25, 0.3) is 0 Å². The first-order valence-electron chi connectivity index (χ1n) is 6.31. The summed E-state index contributed by atoms with van der Waals surface area (Å²) in [7, 11) is 0. The molecule has 0 aliphatic rings. The molecular formula is C13H20N4O4. The molecule has 1 atom stereocenters. The number of hydrogen-bond acceptors (Lipinski definition) is 6. The van der Waals surface area contributed by atoms with Gasteiger partial charge in [0.2, 0.25) is 5.78 Å². The molecule has 0 heterocycles. The monoisotopic (exact) mass is 296 g/mol. The lowest BCUT2D eigenvalue weighted by Gasteiger charge is -2.17. The van der Waals surface area contributed by atoms with E-state index in [1.807, 2.05) is 13.8 Å². The highest BCUT2D eigenvalue weighted by Gasteiger charge is 2.24. The Labute approximate surface area is 123 Å². The molecule has 5 N–H and O–H groups in total. The lowest BCUT2D eigenvalue weighted by molar-refractivity contribution is -0.149. The Morgan fingerprint density at radius 2 is 1.86 bits per heavy atom. The number of nitrogens with one attached hydrogen (secondary N) is 1. The molecule has 2 amide bonds. The van der Waals surface area contributed by atoms with Crippen LogP contribution >= 0.6 is 0 Å². The van der Waals surface area contributed by atoms with Crippen molar-refractivity contribution in [1.82, 2.24) is 5.32 Å². The highest BCUT2D eigenvalue weighted by molar-refractivity contribution is 6.01. The van der Waals surface area contributed by atoms with E-state index in [0.29, 0.717) is 6.42 Å². The number of Topliss-reactive ketones (excluding diaryl/α,β-unsaturated/α-hetero) is 1. The molecule has 21 heavy (non-hydrogen) atoms. The summed E-state index contributed by atoms with van der Waals surface area (Å²) in [5, 5.41) is 11.0. The molecule has 0 fully saturated rings. The third-order valence-electron chi connectivity index (χ3n) is 2.44. The summed E-state index contributed by atoms with van der Waals surface area (Å²) in [4.78, 5) is 34.3. The third kappa shape index (κ3) is 6.96. The maximum Gasteiger partial charge on any atom is 0.329 e. The molecule has 0 aromatic rings. The standard InChI is InChI=1S/C13H20N4O4/c1-7(2)4-10(17-13(16)20)12(19)21-6-11(18)9(5-14)8(3)15/h7,10H,4,6,15H2,1-3H3,(H3,16,17,20)/b9-8+/t10-/m1/s1. The lowest BCUT2D eigenvalue weighted by atomic mass is 10.0. The van der Waals surface area contributed by atoms with E-state index in [0.717, 1.165) is 0 Å². The predicted molar refractivity (Wildman–Crippen MR) is 74.4 cm³/mol. The fraction of sp³-hybridized carbons (Fsp3) is 0.538. The summed E-state index contributed by atoms with van der Waals surface area (Å²) in [6.07, 6.45) is 0.312. The van der Waals surface area contributed by atoms with Crippen molar-refractivity contribution < 1.29 is 19.1 Å². The number of carbonyl (C=O) groups excluding carboxylic acids is 3. The van der Waals surface area contributed by atoms with Crippen LogP contribution in [0.2, 0.25) is 0 Å². The molecule has 8 heteroatoms. The number of ether oxygens (including phenoxy) is 1. The number of nitriles is 1. The van der Waals surface area contributed by atoms with E-state index in [2.05, 4.69) is 5.32 Å². The van der Waals surface area contributed by atoms with Gasteiger partial charge in [-0.1, -0.05) is 13.8 Å². The molecule has 0 bridgehead atoms. The van der Waals surface area contributed by atoms with Crippen molar-refractivity contribution >= 4 is 17.8 Å². The number of urea groups is 1. The second kappa shape index (κ2) is 8.58. The van der Waals surface area contributed by atoms with Crippen LogP contribution in [0.4, 0.5) is 4.79 Å². The third-order valence-corrected chi connectivity index (χ3v) is 2.44. The molecule has 0 radical (unpaired) electrons. The topological polar surface area (TPSA) is 148 Å². The molecule has 0 aromatic heterocycles. The van der Waals surface area contributed by atoms with Crippen molar-refractivity contribution in [2.24, 2.45) is 17.4 Å². The van der Waals surface area contributed by atoms with Crippen molar-refractivity contribution in [1.29, 1.82) is 5.26 Å². The second-order valence-corrected chi connectivity index (χ2v) is 4.89. The van der Waals surface area contributed by atoms with E-state index in [1.54, 1.807) is 6.07 Å². The maximum atomic E-state index is 11.8. The van der Waals surface area contributed by atoms with Crippen LogP contribution in [0.15, 0.2) is 11.3 Å². The Balaban J connectivity index is 4.71. The summed E-state index contributed by atoms with van der Waals surface area (Å²) < 4.78 is 4.80. The van der Waals surface area contributed by atoms with Gasteiger partial charge < -0.3 is 21.5 Å². The van der Waals surface area contributed by atoms with Gasteiger partial charge in [-0.3, -0.25) is 4.79 Å². The minimum atomic E-state index is -0.941. The summed E-state index contributed by atoms with van der Waals surface area (Å²) in [6, 6.07) is -0.160. The largest absolute Gasteiger partial charge is 0.456 e. The van der Waals surface area contributed by atoms with Crippen LogP contribution in [0.1, 0.15) is 27.2 Å². The molecule has 0 aliphatic heterocycles. The number of nitrogens with zero attached hydrogens (tertiary/aromatic N) is 1. The van der Waals surface area contributed by atoms with E-state index in [4.69, 9.17) is 21.5 Å². The minimum Gasteiger partial charge on any atom is -0.456 e. The van der Waals surface area contributed by atoms with Crippen molar-refractivity contribution in [2.75, 3.05) is 6.61 Å². The number of amides is 2. The number of nitrogens with two attached hydrogens (primary N) is 2. The Bertz CT molecular complexity index is 487. The van der Waals surface area contributed by atoms with E-state index in [1.165, 1.54) is 6.92 Å². The van der Waals surface area contributed by atoms with Crippen molar-refractivity contribution in [3.8, 4) is 6.07 Å². The Hall–Kier alpha value is -2.56. The maximum absolute atomic E-state index is 11.8. The van der Waals surface area contributed by atoms with Crippen LogP contribution in [0.25, 0.3) is 0 Å². The fourth-order valence-electron chi connectivity index (χ4n) is 1.54. The first-order valence-corrected chi connectivity index (χ1v) is 6.31. The number of allylic oxidation sites excluding steroid dienone is 1. The predicted octanol–water partition coefficient (Wildman–Crippen LogP) is -0.0620. The zero-order chi connectivity index (χ0) is 16.6. The molecule has 0 aromatic carbocycles. The van der Waals surface area contributed by atoms with E-state index >= 15 is 0 Å². The summed E-state index contributed by atoms with van der Waals surface area (Å²) in [5.74, 6) is -1.39. The van der Waals surface area contributed by atoms with Crippen LogP contribution < -0.4 is 16.8 Å². The van der Waals surface area contributed by atoms with Gasteiger partial charge in [-0.05, 0) is 19.3 Å². The average Bonchev–Trinajstić information content (AvgIpc) is 2.34. The van der Waals surface area contributed by atoms with Gasteiger partial charge in [0, 0.05) is 5.70 Å². The fourth-order valence-corrected chi connectivity index (χ4v) is 1.54. The molecule has 0 saturated heterocycles. The Morgan fingerprint density at radius 1 is 1.29 bits per heavy atom. The molecule has 0 saturated carbocycles. The molecular weight excluding hydrogens is 276 g/mol. The Morgan fingerprint density at radius 3 is 2.24 bits per heavy atom. The molecule has 0 rings (SSSR count). The number of ketones is 1. The van der Waals surface area contributed by atoms with Gasteiger partial charge >= 0.3 is 12.0 Å². The van der Waals surface area contributed by atoms with Gasteiger partial charge in [-0.2, -0.15) is 5.26 Å². The van der Waals surface area contributed by atoms with E-state index in [9.17, 15) is 14.4 Å². The number of esters is 1. The number of rotatable bonds is 7. The minimum absolute atomic E-state index is 0.0486. The van der Waals surface area contributed by atoms with Gasteiger partial charge in [0.1, 0.15) is 17.7 Å². The molecule has 8 nitrogen and oxygen atoms in total. The van der Waals surface area contributed by atoms with Crippen molar-refractivity contribution in [2.45, 2.75) is 33.2 Å². The van der Waals surface area contributed by atoms with Crippen LogP contribution in [-0.2, 0) is 14.3 Å². The molecule has 0 unspecified atom stereocenters. The van der Waals surface area contributed by atoms with Crippen molar-refractivity contribution in [3.05, 3.63) is 11.3 Å². The van der Waals surface area contributed by atoms with Gasteiger partial charge in [-0.25, -0.2) is 9.59 Å². The number of carbonyl (C=O) groups is 3. The van der Waals surface area contributed by atoms with Crippen LogP contribution in [0, 0.1) is 17.2 Å². The quantitative estimate of drug-likeness (QED) is 0.340. The molecule has 116 valence electrons. The SMILES string of the molecule is C/C(N)=C(/C#N)C(=O)COC(=O)[C@@H](CC(C)C)NC(N)=O. The molecule has 0 spiro atoms. The smallest absolute Gasteiger partial charge is 0.329 e. The van der Waals surface area contributed by atoms with E-state index in [-0.39, 0.29) is 17.2 Å². The van der Waals surface area contributed by atoms with E-state index < -0.39 is 30.4 Å². The van der Waals surface area contributed by atoms with Gasteiger partial charge in [0.05, 0.1) is 0 Å². The Kier molecular flexibility index (Phi) is 7.53. The second-order valence-electron chi connectivity index (χ2n) is 4.89.